The highest BCUT2D eigenvalue weighted by atomic mass is 32.2. The molecule has 0 saturated carbocycles. The number of nitrogens with one attached hydrogen (secondary N) is 2. The summed E-state index contributed by atoms with van der Waals surface area (Å²) in [6, 6.07) is 30.2. The SMILES string of the molecule is COc1ccc(/C=C(\NC(=O)c2ccccc2)C(=O)Nc2ccc(SC3CC(=O)N(c4ccc(C(C)C)cc4)C3=O)cc2)cc1. The van der Waals surface area contributed by atoms with Gasteiger partial charge in [-0.05, 0) is 83.8 Å². The molecular formula is C36H33N3O5S. The molecule has 0 aliphatic carbocycles. The van der Waals surface area contributed by atoms with Crippen LogP contribution in [0, 0.1) is 0 Å². The van der Waals surface area contributed by atoms with Crippen LogP contribution in [0.5, 0.6) is 5.75 Å². The number of nitrogens with zero attached hydrogens (tertiary/aromatic N) is 1. The average molecular weight is 620 g/mol. The Kier molecular flexibility index (Phi) is 9.79. The number of ether oxygens (including phenoxy) is 1. The molecule has 2 N–H and O–H groups in total. The number of carbonyl (C=O) groups is 4. The molecular weight excluding hydrogens is 586 g/mol. The van der Waals surface area contributed by atoms with Crippen LogP contribution in [0.25, 0.3) is 6.08 Å². The maximum absolute atomic E-state index is 13.4. The van der Waals surface area contributed by atoms with Crippen molar-refractivity contribution in [2.75, 3.05) is 17.3 Å². The van der Waals surface area contributed by atoms with E-state index in [9.17, 15) is 19.2 Å². The van der Waals surface area contributed by atoms with Crippen LogP contribution >= 0.6 is 11.8 Å². The number of carbonyl (C=O) groups excluding carboxylic acids is 4. The van der Waals surface area contributed by atoms with Gasteiger partial charge in [-0.15, -0.1) is 11.8 Å². The third kappa shape index (κ3) is 7.69. The number of amides is 4. The van der Waals surface area contributed by atoms with Crippen LogP contribution in [0.3, 0.4) is 0 Å². The highest BCUT2D eigenvalue weighted by molar-refractivity contribution is 8.00. The Morgan fingerprint density at radius 3 is 2.18 bits per heavy atom. The molecule has 8 nitrogen and oxygen atoms in total. The third-order valence-corrected chi connectivity index (χ3v) is 8.47. The predicted octanol–water partition coefficient (Wildman–Crippen LogP) is 6.65. The lowest BCUT2D eigenvalue weighted by Gasteiger charge is -2.16. The smallest absolute Gasteiger partial charge is 0.272 e. The van der Waals surface area contributed by atoms with Crippen LogP contribution < -0.4 is 20.3 Å². The lowest BCUT2D eigenvalue weighted by molar-refractivity contribution is -0.121. The highest BCUT2D eigenvalue weighted by Gasteiger charge is 2.40. The quantitative estimate of drug-likeness (QED) is 0.152. The minimum absolute atomic E-state index is 0.0593. The normalized spacial score (nSPS) is 14.9. The fourth-order valence-electron chi connectivity index (χ4n) is 4.76. The van der Waals surface area contributed by atoms with Crippen molar-refractivity contribution in [3.63, 3.8) is 0 Å². The first-order chi connectivity index (χ1) is 21.7. The van der Waals surface area contributed by atoms with E-state index in [0.29, 0.717) is 34.2 Å². The van der Waals surface area contributed by atoms with E-state index in [1.54, 1.807) is 86.0 Å². The molecule has 4 aromatic rings. The summed E-state index contributed by atoms with van der Waals surface area (Å²) in [5, 5.41) is 5.01. The van der Waals surface area contributed by atoms with E-state index in [2.05, 4.69) is 24.5 Å². The Labute approximate surface area is 266 Å². The van der Waals surface area contributed by atoms with E-state index in [1.165, 1.54) is 16.7 Å². The molecule has 45 heavy (non-hydrogen) atoms. The zero-order valence-electron chi connectivity index (χ0n) is 25.2. The van der Waals surface area contributed by atoms with Gasteiger partial charge in [-0.3, -0.25) is 19.2 Å². The van der Waals surface area contributed by atoms with E-state index in [4.69, 9.17) is 4.74 Å². The molecule has 4 aromatic carbocycles. The van der Waals surface area contributed by atoms with Gasteiger partial charge in [0.2, 0.25) is 11.8 Å². The topological polar surface area (TPSA) is 105 Å². The molecule has 0 spiro atoms. The third-order valence-electron chi connectivity index (χ3n) is 7.27. The Hall–Kier alpha value is -5.15. The van der Waals surface area contributed by atoms with E-state index < -0.39 is 17.1 Å². The Morgan fingerprint density at radius 2 is 1.56 bits per heavy atom. The molecule has 1 atom stereocenters. The summed E-state index contributed by atoms with van der Waals surface area (Å²) in [6.45, 7) is 4.18. The molecule has 1 aliphatic heterocycles. The fraction of sp³-hybridized carbons (Fsp3) is 0.167. The summed E-state index contributed by atoms with van der Waals surface area (Å²) in [6.07, 6.45) is 1.69. The van der Waals surface area contributed by atoms with Gasteiger partial charge >= 0.3 is 0 Å². The second-order valence-corrected chi connectivity index (χ2v) is 12.0. The number of benzene rings is 4. The van der Waals surface area contributed by atoms with Gasteiger partial charge in [0, 0.05) is 22.6 Å². The maximum Gasteiger partial charge on any atom is 0.272 e. The van der Waals surface area contributed by atoms with E-state index in [0.717, 1.165) is 10.5 Å². The van der Waals surface area contributed by atoms with Gasteiger partial charge in [-0.25, -0.2) is 4.90 Å². The first-order valence-electron chi connectivity index (χ1n) is 14.5. The molecule has 0 bridgehead atoms. The number of anilines is 2. The van der Waals surface area contributed by atoms with Gasteiger partial charge < -0.3 is 15.4 Å². The molecule has 1 heterocycles. The van der Waals surface area contributed by atoms with Crippen molar-refractivity contribution in [2.24, 2.45) is 0 Å². The number of imide groups is 1. The van der Waals surface area contributed by atoms with Crippen LogP contribution in [-0.4, -0.2) is 36.0 Å². The van der Waals surface area contributed by atoms with E-state index in [-0.39, 0.29) is 23.9 Å². The van der Waals surface area contributed by atoms with Gasteiger partial charge in [0.15, 0.2) is 0 Å². The molecule has 5 rings (SSSR count). The summed E-state index contributed by atoms with van der Waals surface area (Å²) < 4.78 is 5.21. The van der Waals surface area contributed by atoms with Crippen LogP contribution in [0.2, 0.25) is 0 Å². The van der Waals surface area contributed by atoms with Crippen molar-refractivity contribution < 1.29 is 23.9 Å². The summed E-state index contributed by atoms with van der Waals surface area (Å²) >= 11 is 1.31. The van der Waals surface area contributed by atoms with Gasteiger partial charge in [0.05, 0.1) is 18.0 Å². The number of hydrogen-bond donors (Lipinski definition) is 2. The van der Waals surface area contributed by atoms with Crippen molar-refractivity contribution in [3.05, 3.63) is 126 Å². The van der Waals surface area contributed by atoms with Gasteiger partial charge in [-0.1, -0.05) is 56.3 Å². The number of thioether (sulfide) groups is 1. The summed E-state index contributed by atoms with van der Waals surface area (Å²) in [5.41, 5.74) is 3.38. The molecule has 9 heteroatoms. The van der Waals surface area contributed by atoms with Crippen molar-refractivity contribution in [1.82, 2.24) is 5.32 Å². The van der Waals surface area contributed by atoms with Crippen molar-refractivity contribution in [3.8, 4) is 5.75 Å². The molecule has 1 saturated heterocycles. The standard InChI is InChI=1S/C36H33N3O5S/c1-23(2)25-11-15-28(16-12-25)39-33(40)22-32(36(39)43)45-30-19-13-27(14-20-30)37-35(42)31(21-24-9-17-29(44-3)18-10-24)38-34(41)26-7-5-4-6-8-26/h4-21,23,32H,22H2,1-3H3,(H,37,42)(H,38,41)/b31-21-. The number of hydrogen-bond acceptors (Lipinski definition) is 6. The largest absolute Gasteiger partial charge is 0.497 e. The number of rotatable bonds is 10. The Morgan fingerprint density at radius 1 is 0.889 bits per heavy atom. The molecule has 1 unspecified atom stereocenters. The number of methoxy groups -OCH3 is 1. The van der Waals surface area contributed by atoms with Crippen molar-refractivity contribution in [2.45, 2.75) is 36.3 Å². The zero-order chi connectivity index (χ0) is 31.9. The van der Waals surface area contributed by atoms with Crippen LogP contribution in [0.15, 0.2) is 114 Å². The van der Waals surface area contributed by atoms with E-state index in [1.807, 2.05) is 30.3 Å². The summed E-state index contributed by atoms with van der Waals surface area (Å²) in [5.74, 6) is -0.385. The van der Waals surface area contributed by atoms with Crippen LogP contribution in [0.1, 0.15) is 47.7 Å². The average Bonchev–Trinajstić information content (AvgIpc) is 3.33. The van der Waals surface area contributed by atoms with Gasteiger partial charge in [-0.2, -0.15) is 0 Å². The molecule has 0 radical (unpaired) electrons. The molecule has 1 aliphatic rings. The van der Waals surface area contributed by atoms with Crippen LogP contribution in [0.4, 0.5) is 11.4 Å². The van der Waals surface area contributed by atoms with Gasteiger partial charge in [0.1, 0.15) is 11.4 Å². The maximum atomic E-state index is 13.4. The minimum atomic E-state index is -0.546. The Bertz CT molecular complexity index is 1720. The Balaban J connectivity index is 1.27. The molecule has 1 fully saturated rings. The summed E-state index contributed by atoms with van der Waals surface area (Å²) in [4.78, 5) is 54.3. The lowest BCUT2D eigenvalue weighted by atomic mass is 10.0. The monoisotopic (exact) mass is 619 g/mol. The minimum Gasteiger partial charge on any atom is -0.497 e. The van der Waals surface area contributed by atoms with Crippen LogP contribution in [-0.2, 0) is 14.4 Å². The first-order valence-corrected chi connectivity index (χ1v) is 15.4. The second kappa shape index (κ2) is 14.1. The second-order valence-electron chi connectivity index (χ2n) is 10.8. The zero-order valence-corrected chi connectivity index (χ0v) is 26.0. The van der Waals surface area contributed by atoms with Crippen molar-refractivity contribution in [1.29, 1.82) is 0 Å². The lowest BCUT2D eigenvalue weighted by Crippen LogP contribution is -2.31. The summed E-state index contributed by atoms with van der Waals surface area (Å²) in [7, 11) is 1.57. The van der Waals surface area contributed by atoms with Crippen molar-refractivity contribution >= 4 is 52.8 Å². The molecule has 0 aromatic heterocycles. The highest BCUT2D eigenvalue weighted by Crippen LogP contribution is 2.35. The predicted molar refractivity (Wildman–Crippen MR) is 177 cm³/mol. The fourth-order valence-corrected chi connectivity index (χ4v) is 5.82. The van der Waals surface area contributed by atoms with E-state index >= 15 is 0 Å². The molecule has 228 valence electrons. The van der Waals surface area contributed by atoms with Gasteiger partial charge in [0.25, 0.3) is 11.8 Å². The molecule has 4 amide bonds. The first kappa shape index (κ1) is 31.3.